The molecule has 0 N–H and O–H groups in total. The van der Waals surface area contributed by atoms with Crippen molar-refractivity contribution in [3.05, 3.63) is 42.1 Å². The summed E-state index contributed by atoms with van der Waals surface area (Å²) in [6, 6.07) is 9.91. The van der Waals surface area contributed by atoms with E-state index >= 15 is 0 Å². The van der Waals surface area contributed by atoms with E-state index in [9.17, 15) is 4.79 Å². The summed E-state index contributed by atoms with van der Waals surface area (Å²) in [5.41, 5.74) is 4.85. The molecule has 1 aromatic carbocycles. The van der Waals surface area contributed by atoms with Gasteiger partial charge in [0.15, 0.2) is 5.82 Å². The van der Waals surface area contributed by atoms with E-state index in [4.69, 9.17) is 4.98 Å². The molecule has 0 saturated heterocycles. The number of anilines is 1. The van der Waals surface area contributed by atoms with E-state index < -0.39 is 0 Å². The van der Waals surface area contributed by atoms with Crippen LogP contribution in [-0.2, 0) is 18.3 Å². The second-order valence-electron chi connectivity index (χ2n) is 5.49. The first-order chi connectivity index (χ1) is 10.7. The van der Waals surface area contributed by atoms with Gasteiger partial charge < -0.3 is 9.47 Å². The van der Waals surface area contributed by atoms with Crippen LogP contribution < -0.4 is 4.90 Å². The van der Waals surface area contributed by atoms with Gasteiger partial charge in [-0.15, -0.1) is 0 Å². The molecule has 0 saturated carbocycles. The Morgan fingerprint density at radius 1 is 1.27 bits per heavy atom. The van der Waals surface area contributed by atoms with Crippen LogP contribution in [0.15, 0.2) is 36.5 Å². The highest BCUT2D eigenvalue weighted by molar-refractivity contribution is 6.04. The number of hydrogen-bond donors (Lipinski definition) is 0. The van der Waals surface area contributed by atoms with Gasteiger partial charge in [-0.25, -0.2) is 4.98 Å². The van der Waals surface area contributed by atoms with Gasteiger partial charge in [-0.1, -0.05) is 6.07 Å². The third-order valence-electron chi connectivity index (χ3n) is 4.22. The molecule has 0 unspecified atom stereocenters. The minimum absolute atomic E-state index is 0.165. The van der Waals surface area contributed by atoms with E-state index in [0.717, 1.165) is 33.8 Å². The van der Waals surface area contributed by atoms with Crippen LogP contribution in [0.3, 0.4) is 0 Å². The van der Waals surface area contributed by atoms with E-state index in [1.54, 1.807) is 6.20 Å². The van der Waals surface area contributed by atoms with E-state index in [0.29, 0.717) is 13.0 Å². The monoisotopic (exact) mass is 292 g/mol. The molecule has 0 aliphatic carbocycles. The molecular formula is C17H16N4O. The van der Waals surface area contributed by atoms with Crippen molar-refractivity contribution in [2.75, 3.05) is 11.4 Å². The molecule has 5 heteroatoms. The van der Waals surface area contributed by atoms with Crippen LogP contribution in [0.25, 0.3) is 22.6 Å². The van der Waals surface area contributed by atoms with Gasteiger partial charge in [0.1, 0.15) is 5.69 Å². The summed E-state index contributed by atoms with van der Waals surface area (Å²) in [5, 5.41) is 0. The number of pyridine rings is 1. The largest absolute Gasteiger partial charge is 0.326 e. The van der Waals surface area contributed by atoms with Crippen LogP contribution in [0.2, 0.25) is 0 Å². The maximum absolute atomic E-state index is 12.0. The molecule has 22 heavy (non-hydrogen) atoms. The lowest BCUT2D eigenvalue weighted by atomic mass is 10.1. The standard InChI is InChI=1S/C17H16N4O/c1-3-21-14-10-15-13(8-11(14)9-16(21)22)19-17(20(15)2)12-6-4-5-7-18-12/h4-8,10H,3,9H2,1-2H3. The lowest BCUT2D eigenvalue weighted by Gasteiger charge is -2.14. The molecule has 1 aliphatic heterocycles. The van der Waals surface area contributed by atoms with Gasteiger partial charge in [-0.2, -0.15) is 0 Å². The summed E-state index contributed by atoms with van der Waals surface area (Å²) < 4.78 is 2.04. The van der Waals surface area contributed by atoms with Crippen molar-refractivity contribution in [2.45, 2.75) is 13.3 Å². The third kappa shape index (κ3) is 1.75. The summed E-state index contributed by atoms with van der Waals surface area (Å²) >= 11 is 0. The van der Waals surface area contributed by atoms with E-state index in [1.165, 1.54) is 0 Å². The first kappa shape index (κ1) is 13.0. The first-order valence-electron chi connectivity index (χ1n) is 7.40. The first-order valence-corrected chi connectivity index (χ1v) is 7.40. The van der Waals surface area contributed by atoms with Crippen LogP contribution in [0, 0.1) is 0 Å². The van der Waals surface area contributed by atoms with Crippen molar-refractivity contribution < 1.29 is 4.79 Å². The Bertz CT molecular complexity index is 883. The van der Waals surface area contributed by atoms with Gasteiger partial charge >= 0.3 is 0 Å². The van der Waals surface area contributed by atoms with E-state index in [-0.39, 0.29) is 5.91 Å². The molecule has 0 bridgehead atoms. The summed E-state index contributed by atoms with van der Waals surface area (Å²) in [6.07, 6.45) is 2.24. The number of carbonyl (C=O) groups is 1. The normalized spacial score (nSPS) is 13.9. The van der Waals surface area contributed by atoms with E-state index in [2.05, 4.69) is 11.1 Å². The number of fused-ring (bicyclic) bond motifs is 2. The number of aromatic nitrogens is 3. The number of imidazole rings is 1. The number of amides is 1. The zero-order valence-corrected chi connectivity index (χ0v) is 12.6. The average molecular weight is 292 g/mol. The highest BCUT2D eigenvalue weighted by Gasteiger charge is 2.27. The van der Waals surface area contributed by atoms with Gasteiger partial charge in [-0.3, -0.25) is 9.78 Å². The molecule has 110 valence electrons. The minimum Gasteiger partial charge on any atom is -0.326 e. The smallest absolute Gasteiger partial charge is 0.231 e. The Hall–Kier alpha value is -2.69. The van der Waals surface area contributed by atoms with Gasteiger partial charge in [0.05, 0.1) is 17.5 Å². The van der Waals surface area contributed by atoms with Crippen LogP contribution in [0.4, 0.5) is 5.69 Å². The van der Waals surface area contributed by atoms with Crippen molar-refractivity contribution in [2.24, 2.45) is 7.05 Å². The van der Waals surface area contributed by atoms with Crippen molar-refractivity contribution in [1.82, 2.24) is 14.5 Å². The predicted octanol–water partition coefficient (Wildman–Crippen LogP) is 2.54. The lowest BCUT2D eigenvalue weighted by molar-refractivity contribution is -0.117. The van der Waals surface area contributed by atoms with Gasteiger partial charge in [-0.05, 0) is 36.8 Å². The summed E-state index contributed by atoms with van der Waals surface area (Å²) in [5.74, 6) is 1.01. The maximum Gasteiger partial charge on any atom is 0.231 e. The number of aryl methyl sites for hydroxylation is 1. The number of carbonyl (C=O) groups excluding carboxylic acids is 1. The van der Waals surface area contributed by atoms with E-state index in [1.807, 2.05) is 47.7 Å². The van der Waals surface area contributed by atoms with Crippen LogP contribution in [-0.4, -0.2) is 27.0 Å². The molecular weight excluding hydrogens is 276 g/mol. The fourth-order valence-electron chi connectivity index (χ4n) is 3.13. The number of nitrogens with zero attached hydrogens (tertiary/aromatic N) is 4. The summed E-state index contributed by atoms with van der Waals surface area (Å²) in [4.78, 5) is 22.9. The Labute approximate surface area is 128 Å². The molecule has 1 aliphatic rings. The number of likely N-dealkylation sites (N-methyl/N-ethyl adjacent to an activating group) is 1. The fourth-order valence-corrected chi connectivity index (χ4v) is 3.13. The maximum atomic E-state index is 12.0. The SMILES string of the molecule is CCN1C(=O)Cc2cc3nc(-c4ccccn4)n(C)c3cc21. The van der Waals surface area contributed by atoms with Crippen LogP contribution in [0.5, 0.6) is 0 Å². The summed E-state index contributed by atoms with van der Waals surface area (Å²) in [7, 11) is 1.98. The van der Waals surface area contributed by atoms with Gasteiger partial charge in [0.2, 0.25) is 5.91 Å². The minimum atomic E-state index is 0.165. The van der Waals surface area contributed by atoms with Crippen molar-refractivity contribution in [1.29, 1.82) is 0 Å². The number of rotatable bonds is 2. The molecule has 0 radical (unpaired) electrons. The molecule has 1 amide bonds. The third-order valence-corrected chi connectivity index (χ3v) is 4.22. The Morgan fingerprint density at radius 3 is 2.86 bits per heavy atom. The molecule has 0 spiro atoms. The fraction of sp³-hybridized carbons (Fsp3) is 0.235. The Balaban J connectivity index is 1.93. The van der Waals surface area contributed by atoms with Crippen LogP contribution >= 0.6 is 0 Å². The van der Waals surface area contributed by atoms with Crippen molar-refractivity contribution in [3.8, 4) is 11.5 Å². The molecule has 0 fully saturated rings. The van der Waals surface area contributed by atoms with Crippen LogP contribution in [0.1, 0.15) is 12.5 Å². The molecule has 0 atom stereocenters. The number of hydrogen-bond acceptors (Lipinski definition) is 3. The Kier molecular flexibility index (Phi) is 2.76. The predicted molar refractivity (Wildman–Crippen MR) is 85.7 cm³/mol. The second kappa shape index (κ2) is 4.66. The topological polar surface area (TPSA) is 51.0 Å². The second-order valence-corrected chi connectivity index (χ2v) is 5.49. The quantitative estimate of drug-likeness (QED) is 0.729. The number of benzene rings is 1. The van der Waals surface area contributed by atoms with Crippen molar-refractivity contribution >= 4 is 22.6 Å². The average Bonchev–Trinajstić information content (AvgIpc) is 3.02. The molecule has 2 aromatic heterocycles. The van der Waals surface area contributed by atoms with Gasteiger partial charge in [0.25, 0.3) is 0 Å². The summed E-state index contributed by atoms with van der Waals surface area (Å²) in [6.45, 7) is 2.70. The van der Waals surface area contributed by atoms with Gasteiger partial charge in [0, 0.05) is 25.5 Å². The highest BCUT2D eigenvalue weighted by Crippen LogP contribution is 2.34. The zero-order chi connectivity index (χ0) is 15.3. The lowest BCUT2D eigenvalue weighted by Crippen LogP contribution is -2.25. The van der Waals surface area contributed by atoms with Crippen molar-refractivity contribution in [3.63, 3.8) is 0 Å². The molecule has 3 heterocycles. The molecule has 4 rings (SSSR count). The molecule has 3 aromatic rings. The molecule has 5 nitrogen and oxygen atoms in total. The zero-order valence-electron chi connectivity index (χ0n) is 12.6. The highest BCUT2D eigenvalue weighted by atomic mass is 16.2. The Morgan fingerprint density at radius 2 is 2.14 bits per heavy atom.